The number of benzene rings is 2. The molecule has 2 amide bonds. The first-order valence-corrected chi connectivity index (χ1v) is 9.05. The molecule has 0 radical (unpaired) electrons. The number of carbonyl (C=O) groups excluding carboxylic acids is 2. The smallest absolute Gasteiger partial charge is 0.231 e. The van der Waals surface area contributed by atoms with Crippen LogP contribution in [0.5, 0.6) is 0 Å². The maximum absolute atomic E-state index is 14.0. The van der Waals surface area contributed by atoms with Gasteiger partial charge in [-0.15, -0.1) is 0 Å². The molecule has 1 aliphatic heterocycles. The Morgan fingerprint density at radius 1 is 1.11 bits per heavy atom. The van der Waals surface area contributed by atoms with E-state index in [0.29, 0.717) is 24.5 Å². The van der Waals surface area contributed by atoms with Crippen molar-refractivity contribution in [3.05, 3.63) is 59.9 Å². The molecule has 142 valence electrons. The average molecular weight is 370 g/mol. The van der Waals surface area contributed by atoms with Crippen LogP contribution in [0.15, 0.2) is 48.5 Å². The van der Waals surface area contributed by atoms with Crippen molar-refractivity contribution < 1.29 is 18.7 Å². The van der Waals surface area contributed by atoms with Gasteiger partial charge in [0.2, 0.25) is 11.8 Å². The molecular weight excluding hydrogens is 347 g/mol. The molecule has 1 heterocycles. The first-order valence-electron chi connectivity index (χ1n) is 9.05. The Labute approximate surface area is 158 Å². The first kappa shape index (κ1) is 19.0. The SMILES string of the molecule is CC(=O)Nc1ccc(N(C(=O)Cc2ccccc2F)C2CCOCC2)cc1. The van der Waals surface area contributed by atoms with Crippen LogP contribution in [0.1, 0.15) is 25.3 Å². The van der Waals surface area contributed by atoms with Gasteiger partial charge < -0.3 is 15.0 Å². The zero-order valence-electron chi connectivity index (χ0n) is 15.3. The van der Waals surface area contributed by atoms with Crippen molar-refractivity contribution >= 4 is 23.2 Å². The maximum atomic E-state index is 14.0. The third-order valence-corrected chi connectivity index (χ3v) is 4.59. The number of hydrogen-bond donors (Lipinski definition) is 1. The number of ether oxygens (including phenoxy) is 1. The number of nitrogens with one attached hydrogen (secondary N) is 1. The Bertz CT molecular complexity index is 801. The maximum Gasteiger partial charge on any atom is 0.231 e. The molecule has 0 atom stereocenters. The molecule has 0 aliphatic carbocycles. The second-order valence-electron chi connectivity index (χ2n) is 6.60. The van der Waals surface area contributed by atoms with E-state index >= 15 is 0 Å². The molecule has 5 nitrogen and oxygen atoms in total. The minimum Gasteiger partial charge on any atom is -0.381 e. The largest absolute Gasteiger partial charge is 0.381 e. The summed E-state index contributed by atoms with van der Waals surface area (Å²) in [6.45, 7) is 2.64. The zero-order valence-corrected chi connectivity index (χ0v) is 15.3. The van der Waals surface area contributed by atoms with E-state index in [-0.39, 0.29) is 30.1 Å². The molecule has 0 spiro atoms. The summed E-state index contributed by atoms with van der Waals surface area (Å²) in [6, 6.07) is 13.5. The third-order valence-electron chi connectivity index (χ3n) is 4.59. The zero-order chi connectivity index (χ0) is 19.2. The van der Waals surface area contributed by atoms with Crippen molar-refractivity contribution in [3.8, 4) is 0 Å². The fraction of sp³-hybridized carbons (Fsp3) is 0.333. The van der Waals surface area contributed by atoms with Crippen molar-refractivity contribution in [1.82, 2.24) is 0 Å². The van der Waals surface area contributed by atoms with Crippen LogP contribution >= 0.6 is 0 Å². The lowest BCUT2D eigenvalue weighted by Gasteiger charge is -2.34. The molecule has 2 aromatic rings. The van der Waals surface area contributed by atoms with E-state index < -0.39 is 0 Å². The molecule has 0 unspecified atom stereocenters. The Hall–Kier alpha value is -2.73. The molecule has 1 saturated heterocycles. The lowest BCUT2D eigenvalue weighted by atomic mass is 10.0. The van der Waals surface area contributed by atoms with Gasteiger partial charge in [-0.3, -0.25) is 9.59 Å². The summed E-state index contributed by atoms with van der Waals surface area (Å²) in [6.07, 6.45) is 1.46. The lowest BCUT2D eigenvalue weighted by molar-refractivity contribution is -0.119. The van der Waals surface area contributed by atoms with Crippen LogP contribution in [-0.2, 0) is 20.7 Å². The highest BCUT2D eigenvalue weighted by Gasteiger charge is 2.27. The predicted molar refractivity (Wildman–Crippen MR) is 102 cm³/mol. The van der Waals surface area contributed by atoms with E-state index in [1.807, 2.05) is 0 Å². The second-order valence-corrected chi connectivity index (χ2v) is 6.60. The summed E-state index contributed by atoms with van der Waals surface area (Å²) in [5.41, 5.74) is 1.78. The first-order chi connectivity index (χ1) is 13.0. The van der Waals surface area contributed by atoms with E-state index in [2.05, 4.69) is 5.32 Å². The van der Waals surface area contributed by atoms with Gasteiger partial charge in [0.25, 0.3) is 0 Å². The fourth-order valence-corrected chi connectivity index (χ4v) is 3.30. The summed E-state index contributed by atoms with van der Waals surface area (Å²) in [4.78, 5) is 26.0. The van der Waals surface area contributed by atoms with Crippen LogP contribution in [0, 0.1) is 5.82 Å². The molecule has 1 N–H and O–H groups in total. The summed E-state index contributed by atoms with van der Waals surface area (Å²) in [5, 5.41) is 2.72. The van der Waals surface area contributed by atoms with Gasteiger partial charge in [0, 0.05) is 37.6 Å². The standard InChI is InChI=1S/C21H23FN2O3/c1-15(25)23-17-6-8-18(9-7-17)24(19-10-12-27-13-11-19)21(26)14-16-4-2-3-5-20(16)22/h2-9,19H,10-14H2,1H3,(H,23,25). The fourth-order valence-electron chi connectivity index (χ4n) is 3.30. The van der Waals surface area contributed by atoms with Crippen LogP contribution < -0.4 is 10.2 Å². The van der Waals surface area contributed by atoms with E-state index in [9.17, 15) is 14.0 Å². The molecule has 0 bridgehead atoms. The number of nitrogens with zero attached hydrogens (tertiary/aromatic N) is 1. The average Bonchev–Trinajstić information content (AvgIpc) is 2.66. The van der Waals surface area contributed by atoms with Crippen molar-refractivity contribution in [1.29, 1.82) is 0 Å². The Kier molecular flexibility index (Phi) is 6.19. The predicted octanol–water partition coefficient (Wildman–Crippen LogP) is 3.54. The van der Waals surface area contributed by atoms with Gasteiger partial charge in [-0.2, -0.15) is 0 Å². The highest BCUT2D eigenvalue weighted by molar-refractivity contribution is 5.96. The number of hydrogen-bond acceptors (Lipinski definition) is 3. The highest BCUT2D eigenvalue weighted by atomic mass is 19.1. The quantitative estimate of drug-likeness (QED) is 0.876. The van der Waals surface area contributed by atoms with Gasteiger partial charge in [0.1, 0.15) is 5.82 Å². The minimum atomic E-state index is -0.376. The summed E-state index contributed by atoms with van der Waals surface area (Å²) in [7, 11) is 0. The normalized spacial score (nSPS) is 14.6. The number of carbonyl (C=O) groups is 2. The molecule has 3 rings (SSSR count). The van der Waals surface area contributed by atoms with Crippen molar-refractivity contribution in [3.63, 3.8) is 0 Å². The van der Waals surface area contributed by atoms with Gasteiger partial charge in [-0.25, -0.2) is 4.39 Å². The van der Waals surface area contributed by atoms with Gasteiger partial charge in [-0.05, 0) is 48.7 Å². The van der Waals surface area contributed by atoms with Crippen molar-refractivity contribution in [2.75, 3.05) is 23.4 Å². The molecule has 0 aromatic heterocycles. The van der Waals surface area contributed by atoms with Crippen LogP contribution in [0.25, 0.3) is 0 Å². The van der Waals surface area contributed by atoms with Crippen LogP contribution in [0.2, 0.25) is 0 Å². The molecular formula is C21H23FN2O3. The molecule has 1 aliphatic rings. The Balaban J connectivity index is 1.85. The van der Waals surface area contributed by atoms with Crippen LogP contribution in [0.4, 0.5) is 15.8 Å². The van der Waals surface area contributed by atoms with Crippen molar-refractivity contribution in [2.45, 2.75) is 32.2 Å². The second kappa shape index (κ2) is 8.77. The summed E-state index contributed by atoms with van der Waals surface area (Å²) in [5.74, 6) is -0.683. The van der Waals surface area contributed by atoms with Crippen LogP contribution in [0.3, 0.4) is 0 Å². The van der Waals surface area contributed by atoms with Gasteiger partial charge in [0.05, 0.1) is 6.42 Å². The van der Waals surface area contributed by atoms with E-state index in [1.165, 1.54) is 13.0 Å². The van der Waals surface area contributed by atoms with Crippen LogP contribution in [-0.4, -0.2) is 31.1 Å². The van der Waals surface area contributed by atoms with Gasteiger partial charge in [0.15, 0.2) is 0 Å². The molecule has 27 heavy (non-hydrogen) atoms. The van der Waals surface area contributed by atoms with Crippen molar-refractivity contribution in [2.24, 2.45) is 0 Å². The van der Waals surface area contributed by atoms with E-state index in [4.69, 9.17) is 4.74 Å². The minimum absolute atomic E-state index is 0.00250. The topological polar surface area (TPSA) is 58.6 Å². The number of amides is 2. The molecule has 0 saturated carbocycles. The van der Waals surface area contributed by atoms with Gasteiger partial charge >= 0.3 is 0 Å². The number of halogens is 1. The lowest BCUT2D eigenvalue weighted by Crippen LogP contribution is -2.44. The summed E-state index contributed by atoms with van der Waals surface area (Å²) >= 11 is 0. The number of rotatable bonds is 5. The Morgan fingerprint density at radius 3 is 2.41 bits per heavy atom. The van der Waals surface area contributed by atoms with Gasteiger partial charge in [-0.1, -0.05) is 18.2 Å². The monoisotopic (exact) mass is 370 g/mol. The molecule has 2 aromatic carbocycles. The molecule has 6 heteroatoms. The summed E-state index contributed by atoms with van der Waals surface area (Å²) < 4.78 is 19.4. The Morgan fingerprint density at radius 2 is 1.78 bits per heavy atom. The molecule has 1 fully saturated rings. The third kappa shape index (κ3) is 4.92. The highest BCUT2D eigenvalue weighted by Crippen LogP contribution is 2.26. The number of anilines is 2. The van der Waals surface area contributed by atoms with E-state index in [1.54, 1.807) is 47.4 Å². The van der Waals surface area contributed by atoms with E-state index in [0.717, 1.165) is 18.5 Å².